The number of H-pyrrole nitrogens is 1. The summed E-state index contributed by atoms with van der Waals surface area (Å²) in [6, 6.07) is 6.06. The van der Waals surface area contributed by atoms with Gasteiger partial charge in [-0.1, -0.05) is 18.6 Å². The van der Waals surface area contributed by atoms with Crippen LogP contribution in [-0.2, 0) is 6.42 Å². The van der Waals surface area contributed by atoms with Crippen molar-refractivity contribution in [1.82, 2.24) is 10.2 Å². The summed E-state index contributed by atoms with van der Waals surface area (Å²) in [7, 11) is 1.67. The zero-order valence-electron chi connectivity index (χ0n) is 10.4. The van der Waals surface area contributed by atoms with Gasteiger partial charge in [-0.3, -0.25) is 5.10 Å². The molecule has 4 nitrogen and oxygen atoms in total. The molecule has 0 saturated carbocycles. The van der Waals surface area contributed by atoms with Crippen LogP contribution in [0.4, 0.5) is 5.82 Å². The Morgan fingerprint density at radius 3 is 2.82 bits per heavy atom. The van der Waals surface area contributed by atoms with Crippen LogP contribution < -0.4 is 10.5 Å². The summed E-state index contributed by atoms with van der Waals surface area (Å²) >= 11 is 0. The van der Waals surface area contributed by atoms with Gasteiger partial charge < -0.3 is 10.5 Å². The SMILES string of the molecule is CCc1c(N)n[nH]c1-c1cc(C)ccc1OC. The number of nitrogen functional groups attached to an aromatic ring is 1. The maximum atomic E-state index is 5.84. The van der Waals surface area contributed by atoms with Crippen molar-refractivity contribution >= 4 is 5.82 Å². The number of methoxy groups -OCH3 is 1. The van der Waals surface area contributed by atoms with Gasteiger partial charge in [0.25, 0.3) is 0 Å². The number of benzene rings is 1. The van der Waals surface area contributed by atoms with Crippen LogP contribution in [0, 0.1) is 6.92 Å². The van der Waals surface area contributed by atoms with Gasteiger partial charge >= 0.3 is 0 Å². The summed E-state index contributed by atoms with van der Waals surface area (Å²) in [5.41, 5.74) is 10.0. The largest absolute Gasteiger partial charge is 0.496 e. The van der Waals surface area contributed by atoms with Gasteiger partial charge in [-0.25, -0.2) is 0 Å². The lowest BCUT2D eigenvalue weighted by atomic mass is 10.0. The Morgan fingerprint density at radius 1 is 1.41 bits per heavy atom. The minimum Gasteiger partial charge on any atom is -0.496 e. The second kappa shape index (κ2) is 4.49. The molecule has 2 aromatic rings. The van der Waals surface area contributed by atoms with Crippen molar-refractivity contribution < 1.29 is 4.74 Å². The predicted octanol–water partition coefficient (Wildman–Crippen LogP) is 2.54. The first-order valence-corrected chi connectivity index (χ1v) is 5.65. The van der Waals surface area contributed by atoms with E-state index in [4.69, 9.17) is 10.5 Å². The highest BCUT2D eigenvalue weighted by Crippen LogP contribution is 2.33. The van der Waals surface area contributed by atoms with Crippen molar-refractivity contribution in [3.63, 3.8) is 0 Å². The molecule has 0 fully saturated rings. The Bertz CT molecular complexity index is 531. The molecule has 0 saturated heterocycles. The number of hydrogen-bond acceptors (Lipinski definition) is 3. The molecular weight excluding hydrogens is 214 g/mol. The number of nitrogens with one attached hydrogen (secondary N) is 1. The van der Waals surface area contributed by atoms with E-state index in [1.165, 1.54) is 5.56 Å². The first-order valence-electron chi connectivity index (χ1n) is 5.65. The zero-order chi connectivity index (χ0) is 12.4. The second-order valence-electron chi connectivity index (χ2n) is 4.02. The van der Waals surface area contributed by atoms with Crippen LogP contribution in [0.1, 0.15) is 18.1 Å². The van der Waals surface area contributed by atoms with E-state index >= 15 is 0 Å². The molecule has 0 radical (unpaired) electrons. The molecule has 3 N–H and O–H groups in total. The number of aryl methyl sites for hydroxylation is 1. The Hall–Kier alpha value is -1.97. The minimum atomic E-state index is 0.561. The Labute approximate surface area is 101 Å². The van der Waals surface area contributed by atoms with Crippen LogP contribution in [0.15, 0.2) is 18.2 Å². The average molecular weight is 231 g/mol. The van der Waals surface area contributed by atoms with E-state index < -0.39 is 0 Å². The highest BCUT2D eigenvalue weighted by Gasteiger charge is 2.14. The number of nitrogens with two attached hydrogens (primary N) is 1. The average Bonchev–Trinajstić information content (AvgIpc) is 2.70. The summed E-state index contributed by atoms with van der Waals surface area (Å²) in [5, 5.41) is 7.05. The van der Waals surface area contributed by atoms with Crippen molar-refractivity contribution in [3.8, 4) is 17.0 Å². The van der Waals surface area contributed by atoms with Gasteiger partial charge in [0.2, 0.25) is 0 Å². The molecule has 0 unspecified atom stereocenters. The first-order chi connectivity index (χ1) is 8.17. The molecule has 2 rings (SSSR count). The molecule has 0 bridgehead atoms. The van der Waals surface area contributed by atoms with Gasteiger partial charge in [0.1, 0.15) is 11.6 Å². The fourth-order valence-corrected chi connectivity index (χ4v) is 1.98. The van der Waals surface area contributed by atoms with Gasteiger partial charge in [0, 0.05) is 11.1 Å². The molecule has 4 heteroatoms. The molecule has 1 aromatic carbocycles. The van der Waals surface area contributed by atoms with E-state index in [0.29, 0.717) is 5.82 Å². The molecule has 17 heavy (non-hydrogen) atoms. The van der Waals surface area contributed by atoms with Crippen molar-refractivity contribution in [2.45, 2.75) is 20.3 Å². The number of ether oxygens (including phenoxy) is 1. The van der Waals surface area contributed by atoms with E-state index in [0.717, 1.165) is 29.0 Å². The van der Waals surface area contributed by atoms with E-state index in [1.807, 2.05) is 19.1 Å². The second-order valence-corrected chi connectivity index (χ2v) is 4.02. The lowest BCUT2D eigenvalue weighted by Gasteiger charge is -2.09. The van der Waals surface area contributed by atoms with Crippen LogP contribution in [-0.4, -0.2) is 17.3 Å². The molecule has 1 aromatic heterocycles. The number of nitrogens with zero attached hydrogens (tertiary/aromatic N) is 1. The van der Waals surface area contributed by atoms with Crippen LogP contribution in [0.25, 0.3) is 11.3 Å². The van der Waals surface area contributed by atoms with Crippen molar-refractivity contribution in [1.29, 1.82) is 0 Å². The lowest BCUT2D eigenvalue weighted by molar-refractivity contribution is 0.416. The fourth-order valence-electron chi connectivity index (χ4n) is 1.98. The number of rotatable bonds is 3. The van der Waals surface area contributed by atoms with E-state index in [-0.39, 0.29) is 0 Å². The molecular formula is C13H17N3O. The van der Waals surface area contributed by atoms with Gasteiger partial charge in [0.15, 0.2) is 0 Å². The Morgan fingerprint density at radius 2 is 2.18 bits per heavy atom. The van der Waals surface area contributed by atoms with Crippen molar-refractivity contribution in [3.05, 3.63) is 29.3 Å². The summed E-state index contributed by atoms with van der Waals surface area (Å²) in [6.45, 7) is 4.11. The zero-order valence-corrected chi connectivity index (χ0v) is 10.4. The predicted molar refractivity (Wildman–Crippen MR) is 69.1 cm³/mol. The topological polar surface area (TPSA) is 63.9 Å². The van der Waals surface area contributed by atoms with Gasteiger partial charge in [-0.2, -0.15) is 5.10 Å². The first kappa shape index (κ1) is 11.5. The fraction of sp³-hybridized carbons (Fsp3) is 0.308. The maximum Gasteiger partial charge on any atom is 0.149 e. The lowest BCUT2D eigenvalue weighted by Crippen LogP contribution is -1.93. The smallest absolute Gasteiger partial charge is 0.149 e. The number of anilines is 1. The van der Waals surface area contributed by atoms with Gasteiger partial charge in [-0.15, -0.1) is 0 Å². The number of aromatic nitrogens is 2. The Balaban J connectivity index is 2.62. The quantitative estimate of drug-likeness (QED) is 0.853. The van der Waals surface area contributed by atoms with E-state index in [9.17, 15) is 0 Å². The van der Waals surface area contributed by atoms with Crippen LogP contribution in [0.5, 0.6) is 5.75 Å². The third-order valence-corrected chi connectivity index (χ3v) is 2.88. The summed E-state index contributed by atoms with van der Waals surface area (Å²) in [4.78, 5) is 0. The molecule has 0 aliphatic rings. The normalized spacial score (nSPS) is 10.5. The minimum absolute atomic E-state index is 0.561. The molecule has 0 amide bonds. The van der Waals surface area contributed by atoms with Gasteiger partial charge in [0.05, 0.1) is 12.8 Å². The van der Waals surface area contributed by atoms with Crippen molar-refractivity contribution in [2.24, 2.45) is 0 Å². The van der Waals surface area contributed by atoms with E-state index in [1.54, 1.807) is 7.11 Å². The van der Waals surface area contributed by atoms with Crippen LogP contribution >= 0.6 is 0 Å². The monoisotopic (exact) mass is 231 g/mol. The van der Waals surface area contributed by atoms with Crippen LogP contribution in [0.2, 0.25) is 0 Å². The summed E-state index contributed by atoms with van der Waals surface area (Å²) in [5.74, 6) is 1.39. The van der Waals surface area contributed by atoms with E-state index in [2.05, 4.69) is 23.2 Å². The molecule has 0 aliphatic heterocycles. The summed E-state index contributed by atoms with van der Waals surface area (Å²) < 4.78 is 5.37. The molecule has 90 valence electrons. The van der Waals surface area contributed by atoms with Crippen LogP contribution in [0.3, 0.4) is 0 Å². The standard InChI is InChI=1S/C13H17N3O/c1-4-9-12(15-16-13(9)14)10-7-8(2)5-6-11(10)17-3/h5-7H,4H2,1-3H3,(H3,14,15,16). The highest BCUT2D eigenvalue weighted by atomic mass is 16.5. The third kappa shape index (κ3) is 1.98. The Kier molecular flexibility index (Phi) is 3.04. The number of aromatic amines is 1. The third-order valence-electron chi connectivity index (χ3n) is 2.88. The molecule has 0 spiro atoms. The molecule has 0 atom stereocenters. The van der Waals surface area contributed by atoms with Gasteiger partial charge in [-0.05, 0) is 25.5 Å². The molecule has 0 aliphatic carbocycles. The number of hydrogen-bond donors (Lipinski definition) is 2. The maximum absolute atomic E-state index is 5.84. The highest BCUT2D eigenvalue weighted by molar-refractivity contribution is 5.74. The molecule has 1 heterocycles. The summed E-state index contributed by atoms with van der Waals surface area (Å²) in [6.07, 6.45) is 0.842. The van der Waals surface area contributed by atoms with Crippen molar-refractivity contribution in [2.75, 3.05) is 12.8 Å².